The number of carbonyl (C=O) groups is 1. The van der Waals surface area contributed by atoms with E-state index in [1.165, 1.54) is 0 Å². The molecule has 7 nitrogen and oxygen atoms in total. The lowest BCUT2D eigenvalue weighted by Gasteiger charge is -2.30. The summed E-state index contributed by atoms with van der Waals surface area (Å²) in [5.41, 5.74) is 0. The summed E-state index contributed by atoms with van der Waals surface area (Å²) < 4.78 is 36.1. The SMILES string of the molecule is CCOC(=O)NS(=O)(=O)N1CCOC(CCl)C1. The van der Waals surface area contributed by atoms with Crippen LogP contribution in [0.3, 0.4) is 0 Å². The van der Waals surface area contributed by atoms with Crippen LogP contribution in [0, 0.1) is 0 Å². The van der Waals surface area contributed by atoms with Gasteiger partial charge in [0.05, 0.1) is 19.3 Å². The second-order valence-corrected chi connectivity index (χ2v) is 5.31. The molecule has 1 heterocycles. The fourth-order valence-electron chi connectivity index (χ4n) is 1.33. The Morgan fingerprint density at radius 3 is 2.94 bits per heavy atom. The molecule has 1 N–H and O–H groups in total. The molecule has 0 aliphatic carbocycles. The quantitative estimate of drug-likeness (QED) is 0.731. The van der Waals surface area contributed by atoms with E-state index in [1.807, 2.05) is 4.72 Å². The highest BCUT2D eigenvalue weighted by Crippen LogP contribution is 2.10. The van der Waals surface area contributed by atoms with Crippen molar-refractivity contribution in [2.24, 2.45) is 0 Å². The van der Waals surface area contributed by atoms with Gasteiger partial charge < -0.3 is 9.47 Å². The van der Waals surface area contributed by atoms with Crippen LogP contribution in [-0.4, -0.2) is 57.1 Å². The summed E-state index contributed by atoms with van der Waals surface area (Å²) in [5.74, 6) is 0.200. The number of morpholine rings is 1. The van der Waals surface area contributed by atoms with Gasteiger partial charge in [-0.2, -0.15) is 12.7 Å². The van der Waals surface area contributed by atoms with Crippen molar-refractivity contribution < 1.29 is 22.7 Å². The first-order valence-corrected chi connectivity index (χ1v) is 7.09. The molecule has 0 radical (unpaired) electrons. The van der Waals surface area contributed by atoms with Crippen molar-refractivity contribution in [3.8, 4) is 0 Å². The molecule has 0 saturated carbocycles. The van der Waals surface area contributed by atoms with Gasteiger partial charge in [-0.3, -0.25) is 0 Å². The van der Waals surface area contributed by atoms with E-state index in [0.29, 0.717) is 0 Å². The summed E-state index contributed by atoms with van der Waals surface area (Å²) >= 11 is 5.59. The van der Waals surface area contributed by atoms with Crippen molar-refractivity contribution in [1.29, 1.82) is 0 Å². The number of rotatable bonds is 4. The van der Waals surface area contributed by atoms with Gasteiger partial charge in [-0.1, -0.05) is 0 Å². The summed E-state index contributed by atoms with van der Waals surface area (Å²) in [6.45, 7) is 2.25. The molecule has 1 aliphatic heterocycles. The zero-order chi connectivity index (χ0) is 12.9. The number of halogens is 1. The Balaban J connectivity index is 2.60. The molecule has 1 atom stereocenters. The average Bonchev–Trinajstić information content (AvgIpc) is 2.28. The van der Waals surface area contributed by atoms with Gasteiger partial charge in [0.25, 0.3) is 0 Å². The first-order valence-electron chi connectivity index (χ1n) is 5.11. The maximum absolute atomic E-state index is 11.7. The molecule has 0 aromatic carbocycles. The van der Waals surface area contributed by atoms with Crippen LogP contribution in [0.25, 0.3) is 0 Å². The third-order valence-corrected chi connectivity index (χ3v) is 3.88. The van der Waals surface area contributed by atoms with Gasteiger partial charge in [0.1, 0.15) is 0 Å². The molecule has 1 rings (SSSR count). The maximum Gasteiger partial charge on any atom is 0.421 e. The highest BCUT2D eigenvalue weighted by molar-refractivity contribution is 7.87. The lowest BCUT2D eigenvalue weighted by molar-refractivity contribution is 0.0118. The minimum Gasteiger partial charge on any atom is -0.449 e. The van der Waals surface area contributed by atoms with E-state index >= 15 is 0 Å². The fourth-order valence-corrected chi connectivity index (χ4v) is 2.60. The van der Waals surface area contributed by atoms with Crippen molar-refractivity contribution >= 4 is 27.9 Å². The van der Waals surface area contributed by atoms with Gasteiger partial charge in [0.2, 0.25) is 0 Å². The minimum atomic E-state index is -3.88. The topological polar surface area (TPSA) is 84.9 Å². The van der Waals surface area contributed by atoms with E-state index in [4.69, 9.17) is 16.3 Å². The van der Waals surface area contributed by atoms with Crippen LogP contribution in [0.2, 0.25) is 0 Å². The summed E-state index contributed by atoms with van der Waals surface area (Å²) in [4.78, 5) is 11.1. The van der Waals surface area contributed by atoms with Crippen LogP contribution in [0.15, 0.2) is 0 Å². The zero-order valence-electron chi connectivity index (χ0n) is 9.39. The normalized spacial score (nSPS) is 22.1. The highest BCUT2D eigenvalue weighted by atomic mass is 35.5. The van der Waals surface area contributed by atoms with Gasteiger partial charge >= 0.3 is 16.3 Å². The minimum absolute atomic E-state index is 0.106. The molecule has 1 aliphatic rings. The summed E-state index contributed by atoms with van der Waals surface area (Å²) in [6, 6.07) is 0. The Morgan fingerprint density at radius 1 is 1.65 bits per heavy atom. The Bertz CT molecular complexity index is 361. The molecule has 100 valence electrons. The molecule has 1 unspecified atom stereocenters. The Hall–Kier alpha value is -0.570. The molecule has 0 aromatic rings. The predicted octanol–water partition coefficient (Wildman–Crippen LogP) is -0.0831. The summed E-state index contributed by atoms with van der Waals surface area (Å²) in [7, 11) is -3.88. The van der Waals surface area contributed by atoms with Crippen LogP contribution in [0.1, 0.15) is 6.92 Å². The molecule has 0 bridgehead atoms. The van der Waals surface area contributed by atoms with E-state index in [0.717, 1.165) is 4.31 Å². The molecule has 1 fully saturated rings. The van der Waals surface area contributed by atoms with E-state index in [9.17, 15) is 13.2 Å². The molecular weight excluding hydrogens is 272 g/mol. The Labute approximate surface area is 105 Å². The number of hydrogen-bond donors (Lipinski definition) is 1. The van der Waals surface area contributed by atoms with Crippen LogP contribution in [-0.2, 0) is 19.7 Å². The van der Waals surface area contributed by atoms with Gasteiger partial charge in [-0.25, -0.2) is 9.52 Å². The second kappa shape index (κ2) is 6.39. The van der Waals surface area contributed by atoms with Crippen LogP contribution in [0.4, 0.5) is 4.79 Å². The van der Waals surface area contributed by atoms with Crippen molar-refractivity contribution in [3.63, 3.8) is 0 Å². The van der Waals surface area contributed by atoms with E-state index < -0.39 is 16.3 Å². The number of amides is 1. The molecule has 0 aromatic heterocycles. The lowest BCUT2D eigenvalue weighted by atomic mass is 10.3. The van der Waals surface area contributed by atoms with Gasteiger partial charge in [0.15, 0.2) is 0 Å². The fraction of sp³-hybridized carbons (Fsp3) is 0.875. The molecule has 1 saturated heterocycles. The summed E-state index contributed by atoms with van der Waals surface area (Å²) in [5, 5.41) is 0. The largest absolute Gasteiger partial charge is 0.449 e. The monoisotopic (exact) mass is 286 g/mol. The smallest absolute Gasteiger partial charge is 0.421 e. The van der Waals surface area contributed by atoms with Crippen molar-refractivity contribution in [2.45, 2.75) is 13.0 Å². The third kappa shape index (κ3) is 4.30. The molecule has 17 heavy (non-hydrogen) atoms. The van der Waals surface area contributed by atoms with Crippen LogP contribution < -0.4 is 4.72 Å². The standard InChI is InChI=1S/C8H15ClN2O5S/c1-2-15-8(12)10-17(13,14)11-3-4-16-7(5-9)6-11/h7H,2-6H2,1H3,(H,10,12). The van der Waals surface area contributed by atoms with E-state index in [1.54, 1.807) is 6.92 Å². The number of nitrogens with one attached hydrogen (secondary N) is 1. The lowest BCUT2D eigenvalue weighted by Crippen LogP contribution is -2.51. The molecule has 0 spiro atoms. The van der Waals surface area contributed by atoms with Crippen molar-refractivity contribution in [2.75, 3.05) is 32.2 Å². The number of alkyl halides is 1. The Kier molecular flexibility index (Phi) is 5.44. The third-order valence-electron chi connectivity index (χ3n) is 2.10. The van der Waals surface area contributed by atoms with Crippen LogP contribution >= 0.6 is 11.6 Å². The highest BCUT2D eigenvalue weighted by Gasteiger charge is 2.30. The maximum atomic E-state index is 11.7. The van der Waals surface area contributed by atoms with Crippen molar-refractivity contribution in [1.82, 2.24) is 9.03 Å². The summed E-state index contributed by atoms with van der Waals surface area (Å²) in [6.07, 6.45) is -1.34. The van der Waals surface area contributed by atoms with Gasteiger partial charge in [-0.05, 0) is 6.92 Å². The number of ether oxygens (including phenoxy) is 2. The Morgan fingerprint density at radius 2 is 2.35 bits per heavy atom. The first-order chi connectivity index (χ1) is 7.99. The van der Waals surface area contributed by atoms with Crippen LogP contribution in [0.5, 0.6) is 0 Å². The van der Waals surface area contributed by atoms with E-state index in [2.05, 4.69) is 4.74 Å². The average molecular weight is 287 g/mol. The number of nitrogens with zero attached hydrogens (tertiary/aromatic N) is 1. The second-order valence-electron chi connectivity index (χ2n) is 3.33. The predicted molar refractivity (Wildman–Crippen MR) is 61.1 cm³/mol. The van der Waals surface area contributed by atoms with Crippen molar-refractivity contribution in [3.05, 3.63) is 0 Å². The molecular formula is C8H15ClN2O5S. The zero-order valence-corrected chi connectivity index (χ0v) is 11.0. The molecule has 1 amide bonds. The van der Waals surface area contributed by atoms with E-state index in [-0.39, 0.29) is 38.3 Å². The number of hydrogen-bond acceptors (Lipinski definition) is 5. The van der Waals surface area contributed by atoms with Gasteiger partial charge in [0, 0.05) is 19.0 Å². The van der Waals surface area contributed by atoms with Gasteiger partial charge in [-0.15, -0.1) is 11.6 Å². The molecule has 9 heteroatoms. The number of carbonyl (C=O) groups excluding carboxylic acids is 1. The first kappa shape index (κ1) is 14.5.